The zero-order chi connectivity index (χ0) is 11.4. The molecule has 0 atom stereocenters. The van der Waals surface area contributed by atoms with E-state index in [0.717, 1.165) is 6.54 Å². The molecule has 82 valence electrons. The fourth-order valence-corrected chi connectivity index (χ4v) is 3.07. The van der Waals surface area contributed by atoms with Gasteiger partial charge in [-0.2, -0.15) is 0 Å². The summed E-state index contributed by atoms with van der Waals surface area (Å²) in [6, 6.07) is 10.5. The van der Waals surface area contributed by atoms with Crippen LogP contribution in [-0.4, -0.2) is 16.8 Å². The van der Waals surface area contributed by atoms with Crippen molar-refractivity contribution in [2.24, 2.45) is 0 Å². The molecular formula is C13H13NSW. The molecule has 2 rings (SSSR count). The van der Waals surface area contributed by atoms with Crippen LogP contribution in [0.1, 0.15) is 5.56 Å². The number of benzene rings is 1. The molecule has 0 unspecified atom stereocenters. The van der Waals surface area contributed by atoms with E-state index >= 15 is 0 Å². The summed E-state index contributed by atoms with van der Waals surface area (Å²) in [5.74, 6) is 0. The fraction of sp³-hybridized carbons (Fsp3) is 0.154. The molecule has 1 heterocycles. The van der Waals surface area contributed by atoms with Gasteiger partial charge in [0.25, 0.3) is 0 Å². The van der Waals surface area contributed by atoms with Crippen LogP contribution in [0.5, 0.6) is 0 Å². The molecule has 1 saturated heterocycles. The third-order valence-corrected chi connectivity index (χ3v) is 4.23. The Morgan fingerprint density at radius 1 is 1.31 bits per heavy atom. The van der Waals surface area contributed by atoms with Crippen LogP contribution in [0.15, 0.2) is 46.9 Å². The van der Waals surface area contributed by atoms with Gasteiger partial charge in [-0.3, -0.25) is 0 Å². The normalized spacial score (nSPS) is 20.9. The summed E-state index contributed by atoms with van der Waals surface area (Å²) >= 11 is 3.27. The monoisotopic (exact) mass is 399 g/mol. The quantitative estimate of drug-likeness (QED) is 0.821. The van der Waals surface area contributed by atoms with Crippen LogP contribution in [0.3, 0.4) is 0 Å². The Morgan fingerprint density at radius 2 is 2.06 bits per heavy atom. The van der Waals surface area contributed by atoms with Crippen LogP contribution in [-0.2, 0) is 19.4 Å². The molecule has 1 nitrogen and oxygen atoms in total. The average Bonchev–Trinajstić information content (AvgIpc) is 2.64. The zero-order valence-corrected chi connectivity index (χ0v) is 12.8. The van der Waals surface area contributed by atoms with E-state index in [0.29, 0.717) is 0 Å². The topological polar surface area (TPSA) is 12.0 Å². The SMILES string of the molecule is CS/C=C1/CN[C](=[W])/C1=C\c1ccccc1. The Hall–Kier alpha value is -0.432. The molecule has 0 spiro atoms. The van der Waals surface area contributed by atoms with Crippen molar-refractivity contribution in [1.82, 2.24) is 5.32 Å². The van der Waals surface area contributed by atoms with Gasteiger partial charge in [0.15, 0.2) is 0 Å². The van der Waals surface area contributed by atoms with Crippen molar-refractivity contribution >= 4 is 21.9 Å². The summed E-state index contributed by atoms with van der Waals surface area (Å²) in [5.41, 5.74) is 4.05. The molecule has 16 heavy (non-hydrogen) atoms. The van der Waals surface area contributed by atoms with E-state index in [4.69, 9.17) is 0 Å². The van der Waals surface area contributed by atoms with Crippen LogP contribution in [0.4, 0.5) is 0 Å². The number of hydrogen-bond acceptors (Lipinski definition) is 2. The fourth-order valence-electron chi connectivity index (χ4n) is 1.63. The van der Waals surface area contributed by atoms with E-state index in [1.165, 1.54) is 40.1 Å². The van der Waals surface area contributed by atoms with Gasteiger partial charge in [-0.15, -0.1) is 0 Å². The van der Waals surface area contributed by atoms with E-state index < -0.39 is 0 Å². The summed E-state index contributed by atoms with van der Waals surface area (Å²) in [6.07, 6.45) is 4.37. The number of rotatable bonds is 2. The Kier molecular flexibility index (Phi) is 4.34. The summed E-state index contributed by atoms with van der Waals surface area (Å²) in [5, 5.41) is 5.66. The van der Waals surface area contributed by atoms with Gasteiger partial charge < -0.3 is 0 Å². The molecule has 1 fully saturated rings. The molecule has 3 heteroatoms. The summed E-state index contributed by atoms with van der Waals surface area (Å²) in [6.45, 7) is 0.971. The summed E-state index contributed by atoms with van der Waals surface area (Å²) in [7, 11) is 0. The molecular weight excluding hydrogens is 386 g/mol. The number of thioether (sulfide) groups is 1. The minimum atomic E-state index is 0.971. The molecule has 1 N–H and O–H groups in total. The van der Waals surface area contributed by atoms with Crippen molar-refractivity contribution in [2.45, 2.75) is 0 Å². The predicted molar refractivity (Wildman–Crippen MR) is 69.0 cm³/mol. The Balaban J connectivity index is 2.34. The maximum atomic E-state index is 3.43. The van der Waals surface area contributed by atoms with Crippen molar-refractivity contribution < 1.29 is 19.4 Å². The molecule has 1 aliphatic rings. The van der Waals surface area contributed by atoms with Gasteiger partial charge >= 0.3 is 112 Å². The Labute approximate surface area is 111 Å². The minimum absolute atomic E-state index is 0.971. The summed E-state index contributed by atoms with van der Waals surface area (Å²) < 4.78 is 1.35. The maximum absolute atomic E-state index is 3.43. The first-order chi connectivity index (χ1) is 7.81. The molecule has 0 aliphatic carbocycles. The predicted octanol–water partition coefficient (Wildman–Crippen LogP) is 2.60. The molecule has 1 aromatic carbocycles. The molecule has 1 aromatic rings. The van der Waals surface area contributed by atoms with Crippen LogP contribution in [0, 0.1) is 0 Å². The second-order valence-corrected chi connectivity index (χ2v) is 5.70. The second kappa shape index (κ2) is 5.77. The van der Waals surface area contributed by atoms with Crippen molar-refractivity contribution in [1.29, 1.82) is 0 Å². The van der Waals surface area contributed by atoms with E-state index in [-0.39, 0.29) is 0 Å². The first-order valence-electron chi connectivity index (χ1n) is 5.08. The van der Waals surface area contributed by atoms with Crippen LogP contribution in [0.2, 0.25) is 0 Å². The van der Waals surface area contributed by atoms with E-state index in [1.54, 1.807) is 11.8 Å². The van der Waals surface area contributed by atoms with E-state index in [2.05, 4.69) is 53.4 Å². The van der Waals surface area contributed by atoms with Gasteiger partial charge in [-0.25, -0.2) is 0 Å². The molecule has 0 amide bonds. The van der Waals surface area contributed by atoms with Crippen molar-refractivity contribution in [3.8, 4) is 0 Å². The van der Waals surface area contributed by atoms with Gasteiger partial charge in [0.05, 0.1) is 0 Å². The number of nitrogens with one attached hydrogen (secondary N) is 1. The summed E-state index contributed by atoms with van der Waals surface area (Å²) in [4.78, 5) is 0. The Morgan fingerprint density at radius 3 is 2.75 bits per heavy atom. The molecule has 0 saturated carbocycles. The van der Waals surface area contributed by atoms with Gasteiger partial charge in [0.1, 0.15) is 0 Å². The molecule has 1 aliphatic heterocycles. The average molecular weight is 399 g/mol. The first-order valence-corrected chi connectivity index (χ1v) is 7.84. The second-order valence-electron chi connectivity index (χ2n) is 3.53. The van der Waals surface area contributed by atoms with E-state index in [1.807, 2.05) is 0 Å². The van der Waals surface area contributed by atoms with Crippen molar-refractivity contribution in [2.75, 3.05) is 12.8 Å². The van der Waals surface area contributed by atoms with Gasteiger partial charge in [0, 0.05) is 0 Å². The Bertz CT molecular complexity index is 448. The van der Waals surface area contributed by atoms with Crippen molar-refractivity contribution in [3.05, 3.63) is 52.4 Å². The standard InChI is InChI=1S/C13H13NS.W/c1-15-10-13-9-14-8-12(13)7-11-5-3-2-4-6-11;/h2-7,10,14H,9H2,1H3;/b12-7+,13-10-;. The van der Waals surface area contributed by atoms with Gasteiger partial charge in [0.2, 0.25) is 0 Å². The third-order valence-electron chi connectivity index (χ3n) is 2.40. The zero-order valence-electron chi connectivity index (χ0n) is 9.07. The van der Waals surface area contributed by atoms with Crippen LogP contribution < -0.4 is 5.32 Å². The molecule has 0 aromatic heterocycles. The van der Waals surface area contributed by atoms with Crippen LogP contribution >= 0.6 is 11.8 Å². The number of hydrogen-bond donors (Lipinski definition) is 1. The molecule has 0 bridgehead atoms. The first kappa shape index (κ1) is 12.0. The van der Waals surface area contributed by atoms with Crippen LogP contribution in [0.25, 0.3) is 6.08 Å². The third kappa shape index (κ3) is 2.82. The molecule has 0 radical (unpaired) electrons. The van der Waals surface area contributed by atoms with Crippen molar-refractivity contribution in [3.63, 3.8) is 0 Å². The van der Waals surface area contributed by atoms with Gasteiger partial charge in [-0.05, 0) is 0 Å². The van der Waals surface area contributed by atoms with Gasteiger partial charge in [-0.1, -0.05) is 0 Å². The van der Waals surface area contributed by atoms with E-state index in [9.17, 15) is 0 Å².